The van der Waals surface area contributed by atoms with E-state index in [4.69, 9.17) is 9.47 Å². The SMILES string of the molecule is C[C@@H]1CCN(C(=O)COC(=O)COC2CCCCC2)[C@@H]2CCCC[C@@H]12. The summed E-state index contributed by atoms with van der Waals surface area (Å²) in [6, 6.07) is 0.349. The van der Waals surface area contributed by atoms with Gasteiger partial charge in [0, 0.05) is 12.6 Å². The molecule has 0 bridgehead atoms. The summed E-state index contributed by atoms with van der Waals surface area (Å²) in [5, 5.41) is 0. The molecule has 0 N–H and O–H groups in total. The number of likely N-dealkylation sites (tertiary alicyclic amines) is 1. The van der Waals surface area contributed by atoms with Gasteiger partial charge in [-0.1, -0.05) is 39.0 Å². The van der Waals surface area contributed by atoms with Crippen LogP contribution in [0.2, 0.25) is 0 Å². The smallest absolute Gasteiger partial charge is 0.332 e. The molecule has 25 heavy (non-hydrogen) atoms. The molecular weight excluding hydrogens is 318 g/mol. The van der Waals surface area contributed by atoms with E-state index >= 15 is 0 Å². The number of hydrogen-bond acceptors (Lipinski definition) is 4. The van der Waals surface area contributed by atoms with Crippen molar-refractivity contribution in [3.63, 3.8) is 0 Å². The summed E-state index contributed by atoms with van der Waals surface area (Å²) in [5.74, 6) is 0.872. The molecule has 5 heteroatoms. The molecule has 1 aliphatic heterocycles. The summed E-state index contributed by atoms with van der Waals surface area (Å²) in [7, 11) is 0. The molecule has 1 saturated heterocycles. The molecule has 3 rings (SSSR count). The van der Waals surface area contributed by atoms with Crippen molar-refractivity contribution in [2.45, 2.75) is 83.3 Å². The van der Waals surface area contributed by atoms with E-state index in [1.807, 2.05) is 4.90 Å². The molecule has 2 aliphatic carbocycles. The summed E-state index contributed by atoms with van der Waals surface area (Å²) >= 11 is 0. The number of esters is 1. The number of piperidine rings is 1. The molecular formula is C20H33NO4. The molecule has 3 fully saturated rings. The molecule has 0 radical (unpaired) electrons. The van der Waals surface area contributed by atoms with Crippen LogP contribution in [0, 0.1) is 11.8 Å². The Labute approximate surface area is 151 Å². The molecule has 3 atom stereocenters. The summed E-state index contributed by atoms with van der Waals surface area (Å²) in [4.78, 5) is 26.5. The lowest BCUT2D eigenvalue weighted by Crippen LogP contribution is -2.53. The number of ether oxygens (including phenoxy) is 2. The minimum Gasteiger partial charge on any atom is -0.454 e. The molecule has 0 aromatic rings. The van der Waals surface area contributed by atoms with Gasteiger partial charge in [-0.05, 0) is 43.9 Å². The van der Waals surface area contributed by atoms with Crippen LogP contribution in [0.5, 0.6) is 0 Å². The van der Waals surface area contributed by atoms with Crippen molar-refractivity contribution in [3.05, 3.63) is 0 Å². The second-order valence-electron chi connectivity index (χ2n) is 8.10. The molecule has 0 unspecified atom stereocenters. The van der Waals surface area contributed by atoms with E-state index in [2.05, 4.69) is 6.92 Å². The number of hydrogen-bond donors (Lipinski definition) is 0. The standard InChI is InChI=1S/C20H33NO4/c1-15-11-12-21(18-10-6-5-9-17(15)18)19(22)13-25-20(23)14-24-16-7-3-2-4-8-16/h15-18H,2-14H2,1H3/t15-,17+,18-/m1/s1. The van der Waals surface area contributed by atoms with E-state index in [1.165, 1.54) is 38.5 Å². The zero-order chi connectivity index (χ0) is 17.6. The van der Waals surface area contributed by atoms with E-state index in [0.717, 1.165) is 32.2 Å². The van der Waals surface area contributed by atoms with Crippen LogP contribution in [0.1, 0.15) is 71.1 Å². The highest BCUT2D eigenvalue weighted by Gasteiger charge is 2.39. The Morgan fingerprint density at radius 3 is 2.44 bits per heavy atom. The maximum atomic E-state index is 12.6. The Morgan fingerprint density at radius 1 is 0.920 bits per heavy atom. The summed E-state index contributed by atoms with van der Waals surface area (Å²) in [5.41, 5.74) is 0. The lowest BCUT2D eigenvalue weighted by atomic mass is 9.72. The van der Waals surface area contributed by atoms with Crippen LogP contribution >= 0.6 is 0 Å². The maximum absolute atomic E-state index is 12.6. The van der Waals surface area contributed by atoms with Crippen LogP contribution in [-0.4, -0.2) is 48.7 Å². The predicted molar refractivity (Wildman–Crippen MR) is 95.0 cm³/mol. The number of fused-ring (bicyclic) bond motifs is 1. The van der Waals surface area contributed by atoms with Crippen LogP contribution in [-0.2, 0) is 19.1 Å². The number of amides is 1. The molecule has 142 valence electrons. The quantitative estimate of drug-likeness (QED) is 0.713. The van der Waals surface area contributed by atoms with Crippen molar-refractivity contribution >= 4 is 11.9 Å². The Balaban J connectivity index is 1.41. The van der Waals surface area contributed by atoms with Crippen LogP contribution < -0.4 is 0 Å². The van der Waals surface area contributed by atoms with Crippen molar-refractivity contribution in [2.24, 2.45) is 11.8 Å². The minimum atomic E-state index is -0.413. The molecule has 1 heterocycles. The van der Waals surface area contributed by atoms with Crippen LogP contribution in [0.25, 0.3) is 0 Å². The van der Waals surface area contributed by atoms with Crippen molar-refractivity contribution in [2.75, 3.05) is 19.8 Å². The second kappa shape index (κ2) is 9.02. The summed E-state index contributed by atoms with van der Waals surface area (Å²) < 4.78 is 10.8. The summed E-state index contributed by atoms with van der Waals surface area (Å²) in [6.07, 6.45) is 11.7. The molecule has 5 nitrogen and oxygen atoms in total. The predicted octanol–water partition coefficient (Wildman–Crippen LogP) is 3.31. The van der Waals surface area contributed by atoms with Gasteiger partial charge in [0.2, 0.25) is 0 Å². The first-order valence-corrected chi connectivity index (χ1v) is 10.2. The minimum absolute atomic E-state index is 0.0268. The number of rotatable bonds is 5. The zero-order valence-electron chi connectivity index (χ0n) is 15.6. The van der Waals surface area contributed by atoms with Gasteiger partial charge >= 0.3 is 5.97 Å². The van der Waals surface area contributed by atoms with Gasteiger partial charge in [-0.25, -0.2) is 4.79 Å². The van der Waals surface area contributed by atoms with Crippen LogP contribution in [0.4, 0.5) is 0 Å². The molecule has 0 aromatic heterocycles. The second-order valence-corrected chi connectivity index (χ2v) is 8.10. The van der Waals surface area contributed by atoms with Crippen LogP contribution in [0.3, 0.4) is 0 Å². The van der Waals surface area contributed by atoms with Crippen molar-refractivity contribution < 1.29 is 19.1 Å². The third-order valence-corrected chi connectivity index (χ3v) is 6.40. The Morgan fingerprint density at radius 2 is 1.64 bits per heavy atom. The average Bonchev–Trinajstić information content (AvgIpc) is 2.66. The average molecular weight is 351 g/mol. The highest BCUT2D eigenvalue weighted by Crippen LogP contribution is 2.38. The zero-order valence-corrected chi connectivity index (χ0v) is 15.6. The van der Waals surface area contributed by atoms with E-state index < -0.39 is 5.97 Å². The fourth-order valence-corrected chi connectivity index (χ4v) is 4.91. The van der Waals surface area contributed by atoms with Crippen LogP contribution in [0.15, 0.2) is 0 Å². The topological polar surface area (TPSA) is 55.8 Å². The van der Waals surface area contributed by atoms with Gasteiger partial charge in [-0.2, -0.15) is 0 Å². The Bertz CT molecular complexity index is 461. The normalized spacial score (nSPS) is 30.6. The fraction of sp³-hybridized carbons (Fsp3) is 0.900. The van der Waals surface area contributed by atoms with E-state index in [9.17, 15) is 9.59 Å². The van der Waals surface area contributed by atoms with Gasteiger partial charge in [-0.15, -0.1) is 0 Å². The third-order valence-electron chi connectivity index (χ3n) is 6.40. The van der Waals surface area contributed by atoms with E-state index in [0.29, 0.717) is 17.9 Å². The molecule has 0 spiro atoms. The van der Waals surface area contributed by atoms with Gasteiger partial charge in [0.25, 0.3) is 5.91 Å². The molecule has 2 saturated carbocycles. The number of carbonyl (C=O) groups is 2. The molecule has 1 amide bonds. The van der Waals surface area contributed by atoms with Crippen molar-refractivity contribution in [1.29, 1.82) is 0 Å². The van der Waals surface area contributed by atoms with Gasteiger partial charge in [0.1, 0.15) is 6.61 Å². The van der Waals surface area contributed by atoms with Gasteiger partial charge in [0.15, 0.2) is 6.61 Å². The van der Waals surface area contributed by atoms with Gasteiger partial charge < -0.3 is 14.4 Å². The fourth-order valence-electron chi connectivity index (χ4n) is 4.91. The van der Waals surface area contributed by atoms with Crippen molar-refractivity contribution in [3.8, 4) is 0 Å². The van der Waals surface area contributed by atoms with Crippen molar-refractivity contribution in [1.82, 2.24) is 4.90 Å². The maximum Gasteiger partial charge on any atom is 0.332 e. The first kappa shape index (κ1) is 18.7. The highest BCUT2D eigenvalue weighted by atomic mass is 16.6. The lowest BCUT2D eigenvalue weighted by Gasteiger charge is -2.47. The summed E-state index contributed by atoms with van der Waals surface area (Å²) in [6.45, 7) is 2.95. The number of carbonyl (C=O) groups excluding carboxylic acids is 2. The Hall–Kier alpha value is -1.10. The number of nitrogens with zero attached hydrogens (tertiary/aromatic N) is 1. The third kappa shape index (κ3) is 4.96. The first-order valence-electron chi connectivity index (χ1n) is 10.2. The van der Waals surface area contributed by atoms with E-state index in [-0.39, 0.29) is 25.2 Å². The first-order chi connectivity index (χ1) is 12.1. The molecule has 3 aliphatic rings. The van der Waals surface area contributed by atoms with E-state index in [1.54, 1.807) is 0 Å². The monoisotopic (exact) mass is 351 g/mol. The molecule has 0 aromatic carbocycles. The van der Waals surface area contributed by atoms with Gasteiger partial charge in [-0.3, -0.25) is 4.79 Å². The highest BCUT2D eigenvalue weighted by molar-refractivity contribution is 5.81. The van der Waals surface area contributed by atoms with Gasteiger partial charge in [0.05, 0.1) is 6.10 Å². The Kier molecular flexibility index (Phi) is 6.74. The largest absolute Gasteiger partial charge is 0.454 e. The lowest BCUT2D eigenvalue weighted by molar-refractivity contribution is -0.160.